The van der Waals surface area contributed by atoms with Crippen molar-refractivity contribution in [1.29, 1.82) is 0 Å². The zero-order chi connectivity index (χ0) is 27.0. The van der Waals surface area contributed by atoms with Crippen molar-refractivity contribution in [3.8, 4) is 0 Å². The van der Waals surface area contributed by atoms with E-state index >= 15 is 0 Å². The second-order valence-electron chi connectivity index (χ2n) is 11.3. The molecule has 214 valence electrons. The van der Waals surface area contributed by atoms with Gasteiger partial charge in [0.15, 0.2) is 0 Å². The van der Waals surface area contributed by atoms with Gasteiger partial charge in [0, 0.05) is 25.2 Å². The molecule has 2 rings (SSSR count). The Labute approximate surface area is 230 Å². The highest BCUT2D eigenvalue weighted by molar-refractivity contribution is 5.63. The fraction of sp³-hybridized carbons (Fsp3) is 0.794. The maximum atomic E-state index is 9.00. The first-order valence-electron chi connectivity index (χ1n) is 16.1. The lowest BCUT2D eigenvalue weighted by atomic mass is 9.99. The third kappa shape index (κ3) is 17.6. The highest BCUT2D eigenvalue weighted by atomic mass is 16.4. The molecule has 0 aromatic heterocycles. The molecule has 0 fully saturated rings. The normalized spacial score (nSPS) is 13.2. The predicted molar refractivity (Wildman–Crippen MR) is 163 cm³/mol. The molecule has 0 aliphatic carbocycles. The standard InChI is InChI=1S/C32H57N.C2H4O2/c1-3-5-7-8-9-10-11-12-13-14-15-16-17-18-19-21-26-31(25-20-6-4-2)33-29-28-30-24-22-23-27-32(30)33;1-2(3)4/h22-24,27,31H,3-21,25-26,28-29H2,1-2H3;1H3,(H,3,4). The van der Waals surface area contributed by atoms with Gasteiger partial charge < -0.3 is 10.0 Å². The van der Waals surface area contributed by atoms with Crippen LogP contribution in [0.25, 0.3) is 0 Å². The summed E-state index contributed by atoms with van der Waals surface area (Å²) in [7, 11) is 0. The first kappa shape index (κ1) is 33.5. The number of rotatable bonds is 22. The lowest BCUT2D eigenvalue weighted by molar-refractivity contribution is -0.134. The molecule has 1 N–H and O–H groups in total. The molecule has 1 heterocycles. The molecular formula is C34H61NO2. The van der Waals surface area contributed by atoms with Gasteiger partial charge in [0.1, 0.15) is 0 Å². The molecule has 1 aliphatic heterocycles. The number of carboxylic acid groups (broad SMARTS) is 1. The van der Waals surface area contributed by atoms with Gasteiger partial charge in [0.2, 0.25) is 0 Å². The first-order valence-corrected chi connectivity index (χ1v) is 16.1. The molecule has 0 amide bonds. The lowest BCUT2D eigenvalue weighted by Gasteiger charge is -2.31. The second-order valence-corrected chi connectivity index (χ2v) is 11.3. The lowest BCUT2D eigenvalue weighted by Crippen LogP contribution is -2.33. The van der Waals surface area contributed by atoms with Crippen molar-refractivity contribution in [1.82, 2.24) is 0 Å². The summed E-state index contributed by atoms with van der Waals surface area (Å²) in [6.45, 7) is 6.96. The van der Waals surface area contributed by atoms with E-state index in [1.165, 1.54) is 153 Å². The number of para-hydroxylation sites is 1. The summed E-state index contributed by atoms with van der Waals surface area (Å²) in [5.41, 5.74) is 3.11. The average molecular weight is 516 g/mol. The van der Waals surface area contributed by atoms with Crippen molar-refractivity contribution >= 4 is 11.7 Å². The van der Waals surface area contributed by atoms with Crippen LogP contribution in [0.1, 0.15) is 161 Å². The maximum Gasteiger partial charge on any atom is 0.300 e. The van der Waals surface area contributed by atoms with Crippen LogP contribution in [0, 0.1) is 0 Å². The number of hydrogen-bond donors (Lipinski definition) is 1. The number of benzene rings is 1. The van der Waals surface area contributed by atoms with Crippen LogP contribution in [0.5, 0.6) is 0 Å². The van der Waals surface area contributed by atoms with Crippen molar-refractivity contribution < 1.29 is 9.90 Å². The molecule has 0 spiro atoms. The van der Waals surface area contributed by atoms with Gasteiger partial charge in [-0.15, -0.1) is 0 Å². The highest BCUT2D eigenvalue weighted by Gasteiger charge is 2.25. The highest BCUT2D eigenvalue weighted by Crippen LogP contribution is 2.32. The summed E-state index contributed by atoms with van der Waals surface area (Å²) in [5, 5.41) is 7.42. The third-order valence-corrected chi connectivity index (χ3v) is 7.90. The summed E-state index contributed by atoms with van der Waals surface area (Å²) < 4.78 is 0. The van der Waals surface area contributed by atoms with Crippen molar-refractivity contribution in [3.63, 3.8) is 0 Å². The molecule has 0 bridgehead atoms. The van der Waals surface area contributed by atoms with Crippen LogP contribution in [0.3, 0.4) is 0 Å². The van der Waals surface area contributed by atoms with Crippen LogP contribution in [0.4, 0.5) is 5.69 Å². The number of unbranched alkanes of at least 4 members (excludes halogenated alkanes) is 17. The van der Waals surface area contributed by atoms with Gasteiger partial charge in [0.05, 0.1) is 0 Å². The Bertz CT molecular complexity index is 655. The van der Waals surface area contributed by atoms with E-state index in [1.807, 2.05) is 0 Å². The van der Waals surface area contributed by atoms with Gasteiger partial charge >= 0.3 is 0 Å². The Kier molecular flexibility index (Phi) is 21.4. The Hall–Kier alpha value is -1.51. The van der Waals surface area contributed by atoms with Gasteiger partial charge in [-0.25, -0.2) is 0 Å². The van der Waals surface area contributed by atoms with Crippen molar-refractivity contribution in [2.24, 2.45) is 0 Å². The minimum absolute atomic E-state index is 0.770. The zero-order valence-electron chi connectivity index (χ0n) is 25.0. The third-order valence-electron chi connectivity index (χ3n) is 7.90. The van der Waals surface area contributed by atoms with Crippen LogP contribution in [0.2, 0.25) is 0 Å². The van der Waals surface area contributed by atoms with Crippen molar-refractivity contribution in [2.75, 3.05) is 11.4 Å². The topological polar surface area (TPSA) is 40.5 Å². The van der Waals surface area contributed by atoms with Crippen LogP contribution in [-0.4, -0.2) is 23.7 Å². The number of nitrogens with zero attached hydrogens (tertiary/aromatic N) is 1. The minimum Gasteiger partial charge on any atom is -0.481 e. The van der Waals surface area contributed by atoms with E-state index in [0.29, 0.717) is 0 Å². The minimum atomic E-state index is -0.833. The summed E-state index contributed by atoms with van der Waals surface area (Å²) in [6.07, 6.45) is 31.5. The van der Waals surface area contributed by atoms with E-state index in [0.717, 1.165) is 13.0 Å². The predicted octanol–water partition coefficient (Wildman–Crippen LogP) is 10.7. The quantitative estimate of drug-likeness (QED) is 0.156. The molecule has 1 aromatic carbocycles. The number of hydrogen-bond acceptors (Lipinski definition) is 2. The van der Waals surface area contributed by atoms with Crippen molar-refractivity contribution in [2.45, 2.75) is 168 Å². The van der Waals surface area contributed by atoms with E-state index < -0.39 is 5.97 Å². The molecular weight excluding hydrogens is 454 g/mol. The largest absolute Gasteiger partial charge is 0.481 e. The SMILES string of the molecule is CC(=O)O.CCCCCCCCCCCCCCCCCCC(CCCCC)N1CCc2ccccc21. The van der Waals surface area contributed by atoms with Gasteiger partial charge in [-0.3, -0.25) is 4.79 Å². The average Bonchev–Trinajstić information content (AvgIpc) is 3.31. The summed E-state index contributed by atoms with van der Waals surface area (Å²) in [6, 6.07) is 9.92. The van der Waals surface area contributed by atoms with Crippen molar-refractivity contribution in [3.05, 3.63) is 29.8 Å². The van der Waals surface area contributed by atoms with Gasteiger partial charge in [-0.2, -0.15) is 0 Å². The van der Waals surface area contributed by atoms with E-state index in [9.17, 15) is 0 Å². The molecule has 0 saturated carbocycles. The van der Waals surface area contributed by atoms with Crippen LogP contribution >= 0.6 is 0 Å². The molecule has 3 heteroatoms. The first-order chi connectivity index (χ1) is 18.1. The fourth-order valence-electron chi connectivity index (χ4n) is 5.76. The molecule has 0 saturated heterocycles. The smallest absolute Gasteiger partial charge is 0.300 e. The Morgan fingerprint density at radius 1 is 0.703 bits per heavy atom. The van der Waals surface area contributed by atoms with E-state index in [1.54, 1.807) is 5.56 Å². The Morgan fingerprint density at radius 2 is 1.08 bits per heavy atom. The van der Waals surface area contributed by atoms with E-state index in [-0.39, 0.29) is 0 Å². The molecule has 37 heavy (non-hydrogen) atoms. The Balaban J connectivity index is 0.00000159. The number of carbonyl (C=O) groups is 1. The summed E-state index contributed by atoms with van der Waals surface area (Å²) in [4.78, 5) is 11.8. The summed E-state index contributed by atoms with van der Waals surface area (Å²) >= 11 is 0. The fourth-order valence-corrected chi connectivity index (χ4v) is 5.76. The van der Waals surface area contributed by atoms with E-state index in [4.69, 9.17) is 9.90 Å². The van der Waals surface area contributed by atoms with Crippen LogP contribution < -0.4 is 4.90 Å². The molecule has 1 atom stereocenters. The number of fused-ring (bicyclic) bond motifs is 1. The Morgan fingerprint density at radius 3 is 1.57 bits per heavy atom. The number of aliphatic carboxylic acids is 1. The monoisotopic (exact) mass is 515 g/mol. The number of carboxylic acids is 1. The molecule has 1 unspecified atom stereocenters. The number of anilines is 1. The summed E-state index contributed by atoms with van der Waals surface area (Å²) in [5.74, 6) is -0.833. The molecule has 0 radical (unpaired) electrons. The van der Waals surface area contributed by atoms with Gasteiger partial charge in [-0.05, 0) is 30.9 Å². The van der Waals surface area contributed by atoms with E-state index in [2.05, 4.69) is 43.0 Å². The molecule has 3 nitrogen and oxygen atoms in total. The molecule has 1 aromatic rings. The van der Waals surface area contributed by atoms with Gasteiger partial charge in [-0.1, -0.05) is 154 Å². The maximum absolute atomic E-state index is 9.00. The second kappa shape index (κ2) is 23.6. The van der Waals surface area contributed by atoms with Gasteiger partial charge in [0.25, 0.3) is 5.97 Å². The van der Waals surface area contributed by atoms with Crippen LogP contribution in [0.15, 0.2) is 24.3 Å². The zero-order valence-corrected chi connectivity index (χ0v) is 25.0. The van der Waals surface area contributed by atoms with Crippen LogP contribution in [-0.2, 0) is 11.2 Å². The molecule has 1 aliphatic rings.